The van der Waals surface area contributed by atoms with Gasteiger partial charge in [-0.1, -0.05) is 41.9 Å². The van der Waals surface area contributed by atoms with Crippen molar-refractivity contribution in [3.63, 3.8) is 0 Å². The Morgan fingerprint density at radius 2 is 1.89 bits per heavy atom. The number of hydrogen-bond donors (Lipinski definition) is 0. The molecule has 0 bridgehead atoms. The lowest BCUT2D eigenvalue weighted by molar-refractivity contribution is 0.0972. The van der Waals surface area contributed by atoms with E-state index < -0.39 is 5.82 Å². The number of benzene rings is 2. The summed E-state index contributed by atoms with van der Waals surface area (Å²) in [5.74, 6) is -0.231. The van der Waals surface area contributed by atoms with Gasteiger partial charge in [0.2, 0.25) is 0 Å². The Kier molecular flexibility index (Phi) is 3.11. The number of carbonyl (C=O) groups is 1. The molecule has 0 saturated heterocycles. The van der Waals surface area contributed by atoms with Gasteiger partial charge in [-0.05, 0) is 30.0 Å². The summed E-state index contributed by atoms with van der Waals surface area (Å²) in [6.45, 7) is 0. The minimum atomic E-state index is -0.411. The molecule has 0 spiro atoms. The van der Waals surface area contributed by atoms with Crippen molar-refractivity contribution in [3.8, 4) is 11.1 Å². The number of halogens is 2. The van der Waals surface area contributed by atoms with Crippen LogP contribution in [0.3, 0.4) is 0 Å². The minimum absolute atomic E-state index is 0.117. The van der Waals surface area contributed by atoms with Crippen LogP contribution in [0.5, 0.6) is 0 Å². The van der Waals surface area contributed by atoms with E-state index in [9.17, 15) is 9.18 Å². The van der Waals surface area contributed by atoms with Crippen molar-refractivity contribution in [2.45, 2.75) is 19.3 Å². The Hall–Kier alpha value is -1.67. The molecule has 1 nitrogen and oxygen atoms in total. The number of hydrogen-bond acceptors (Lipinski definition) is 1. The molecule has 2 aromatic rings. The van der Waals surface area contributed by atoms with E-state index in [0.717, 1.165) is 29.5 Å². The van der Waals surface area contributed by atoms with Crippen molar-refractivity contribution in [3.05, 3.63) is 58.4 Å². The molecule has 0 radical (unpaired) electrons. The first-order valence-electron chi connectivity index (χ1n) is 6.27. The summed E-state index contributed by atoms with van der Waals surface area (Å²) in [6, 6.07) is 10.5. The monoisotopic (exact) mass is 274 g/mol. The zero-order valence-electron chi connectivity index (χ0n) is 10.2. The van der Waals surface area contributed by atoms with Crippen molar-refractivity contribution in [1.29, 1.82) is 0 Å². The second-order valence-corrected chi connectivity index (χ2v) is 5.16. The smallest absolute Gasteiger partial charge is 0.163 e. The minimum Gasteiger partial charge on any atom is -0.294 e. The Labute approximate surface area is 116 Å². The fourth-order valence-electron chi connectivity index (χ4n) is 2.54. The van der Waals surface area contributed by atoms with Gasteiger partial charge in [0.25, 0.3) is 0 Å². The van der Waals surface area contributed by atoms with Crippen LogP contribution < -0.4 is 0 Å². The fraction of sp³-hybridized carbons (Fsp3) is 0.188. The quantitative estimate of drug-likeness (QED) is 0.739. The summed E-state index contributed by atoms with van der Waals surface area (Å²) in [5, 5.41) is 0.117. The Balaban J connectivity index is 2.12. The normalized spacial score (nSPS) is 14.3. The molecule has 0 amide bonds. The number of ketones is 1. The summed E-state index contributed by atoms with van der Waals surface area (Å²) < 4.78 is 14.0. The molecule has 0 fully saturated rings. The van der Waals surface area contributed by atoms with Crippen LogP contribution in [0.1, 0.15) is 28.8 Å². The first kappa shape index (κ1) is 12.4. The molecule has 96 valence electrons. The Bertz CT molecular complexity index is 664. The largest absolute Gasteiger partial charge is 0.294 e. The van der Waals surface area contributed by atoms with E-state index >= 15 is 0 Å². The molecule has 0 N–H and O–H groups in total. The van der Waals surface area contributed by atoms with E-state index in [4.69, 9.17) is 11.6 Å². The van der Waals surface area contributed by atoms with Crippen LogP contribution in [0.2, 0.25) is 5.02 Å². The first-order chi connectivity index (χ1) is 9.16. The van der Waals surface area contributed by atoms with Gasteiger partial charge in [-0.25, -0.2) is 4.39 Å². The maximum Gasteiger partial charge on any atom is 0.163 e. The molecule has 3 rings (SSSR count). The van der Waals surface area contributed by atoms with Gasteiger partial charge in [-0.2, -0.15) is 0 Å². The van der Waals surface area contributed by atoms with Crippen molar-refractivity contribution >= 4 is 17.4 Å². The molecule has 1 aliphatic rings. The summed E-state index contributed by atoms with van der Waals surface area (Å²) in [7, 11) is 0. The summed E-state index contributed by atoms with van der Waals surface area (Å²) >= 11 is 5.80. The molecule has 0 unspecified atom stereocenters. The van der Waals surface area contributed by atoms with E-state index in [1.54, 1.807) is 24.3 Å². The SMILES string of the molecule is O=C1CCCc2cc(-c3cccc(Cl)c3F)ccc21. The summed E-state index contributed by atoms with van der Waals surface area (Å²) in [4.78, 5) is 11.8. The van der Waals surface area contributed by atoms with E-state index in [-0.39, 0.29) is 10.8 Å². The summed E-state index contributed by atoms with van der Waals surface area (Å²) in [6.07, 6.45) is 2.35. The highest BCUT2D eigenvalue weighted by atomic mass is 35.5. The lowest BCUT2D eigenvalue weighted by Gasteiger charge is -2.16. The molecule has 3 heteroatoms. The van der Waals surface area contributed by atoms with Crippen LogP contribution in [0.25, 0.3) is 11.1 Å². The summed E-state index contributed by atoms with van der Waals surface area (Å²) in [5.41, 5.74) is 3.03. The van der Waals surface area contributed by atoms with Crippen LogP contribution in [0.15, 0.2) is 36.4 Å². The zero-order chi connectivity index (χ0) is 13.4. The second kappa shape index (κ2) is 4.78. The van der Waals surface area contributed by atoms with Crippen LogP contribution in [-0.2, 0) is 6.42 Å². The molecule has 0 saturated carbocycles. The lowest BCUT2D eigenvalue weighted by Crippen LogP contribution is -2.10. The highest BCUT2D eigenvalue weighted by Gasteiger charge is 2.18. The molecule has 2 aromatic carbocycles. The number of carbonyl (C=O) groups excluding carboxylic acids is 1. The maximum absolute atomic E-state index is 14.0. The van der Waals surface area contributed by atoms with Crippen molar-refractivity contribution in [1.82, 2.24) is 0 Å². The predicted molar refractivity (Wildman–Crippen MR) is 74.1 cm³/mol. The average molecular weight is 275 g/mol. The van der Waals surface area contributed by atoms with E-state index in [0.29, 0.717) is 12.0 Å². The lowest BCUT2D eigenvalue weighted by atomic mass is 9.88. The number of Topliss-reactive ketones (excluding diaryl/α,β-unsaturated/α-hetero) is 1. The molecule has 0 aliphatic heterocycles. The second-order valence-electron chi connectivity index (χ2n) is 4.75. The molecule has 0 aromatic heterocycles. The van der Waals surface area contributed by atoms with Crippen LogP contribution >= 0.6 is 11.6 Å². The first-order valence-corrected chi connectivity index (χ1v) is 6.65. The number of fused-ring (bicyclic) bond motifs is 1. The van der Waals surface area contributed by atoms with E-state index in [2.05, 4.69) is 0 Å². The molecule has 0 atom stereocenters. The van der Waals surface area contributed by atoms with Gasteiger partial charge in [0.05, 0.1) is 5.02 Å². The third-order valence-electron chi connectivity index (χ3n) is 3.52. The molecular weight excluding hydrogens is 263 g/mol. The van der Waals surface area contributed by atoms with Gasteiger partial charge >= 0.3 is 0 Å². The van der Waals surface area contributed by atoms with Gasteiger partial charge in [-0.3, -0.25) is 4.79 Å². The van der Waals surface area contributed by atoms with Gasteiger partial charge < -0.3 is 0 Å². The van der Waals surface area contributed by atoms with Crippen molar-refractivity contribution in [2.75, 3.05) is 0 Å². The van der Waals surface area contributed by atoms with E-state index in [1.165, 1.54) is 6.07 Å². The van der Waals surface area contributed by atoms with Crippen LogP contribution in [-0.4, -0.2) is 5.78 Å². The number of rotatable bonds is 1. The fourth-order valence-corrected chi connectivity index (χ4v) is 2.72. The molecule has 0 heterocycles. The Morgan fingerprint density at radius 3 is 2.74 bits per heavy atom. The third-order valence-corrected chi connectivity index (χ3v) is 3.81. The van der Waals surface area contributed by atoms with Gasteiger partial charge in [0.1, 0.15) is 5.82 Å². The zero-order valence-corrected chi connectivity index (χ0v) is 11.0. The molecular formula is C16H12ClFO. The molecule has 19 heavy (non-hydrogen) atoms. The molecule has 1 aliphatic carbocycles. The topological polar surface area (TPSA) is 17.1 Å². The highest BCUT2D eigenvalue weighted by Crippen LogP contribution is 2.31. The average Bonchev–Trinajstić information content (AvgIpc) is 2.42. The van der Waals surface area contributed by atoms with Crippen molar-refractivity contribution < 1.29 is 9.18 Å². The maximum atomic E-state index is 14.0. The third kappa shape index (κ3) is 2.17. The van der Waals surface area contributed by atoms with Crippen LogP contribution in [0.4, 0.5) is 4.39 Å². The standard InChI is InChI=1S/C16H12ClFO/c17-14-5-2-4-13(16(14)18)11-7-8-12-10(9-11)3-1-6-15(12)19/h2,4-5,7-9H,1,3,6H2. The van der Waals surface area contributed by atoms with Gasteiger partial charge in [0, 0.05) is 17.5 Å². The number of aryl methyl sites for hydroxylation is 1. The Morgan fingerprint density at radius 1 is 1.05 bits per heavy atom. The van der Waals surface area contributed by atoms with Gasteiger partial charge in [-0.15, -0.1) is 0 Å². The van der Waals surface area contributed by atoms with E-state index in [1.807, 2.05) is 6.07 Å². The van der Waals surface area contributed by atoms with Crippen molar-refractivity contribution in [2.24, 2.45) is 0 Å². The highest BCUT2D eigenvalue weighted by molar-refractivity contribution is 6.31. The van der Waals surface area contributed by atoms with Gasteiger partial charge in [0.15, 0.2) is 5.78 Å². The predicted octanol–water partition coefficient (Wildman–Crippen LogP) is 4.67. The van der Waals surface area contributed by atoms with Crippen LogP contribution in [0, 0.1) is 5.82 Å².